The summed E-state index contributed by atoms with van der Waals surface area (Å²) in [5, 5.41) is 23.1. The number of nitrogens with zero attached hydrogens (tertiary/aromatic N) is 5. The molecule has 0 unspecified atom stereocenters. The minimum atomic E-state index is -4.17. The number of aromatic nitrogens is 4. The molecule has 0 bridgehead atoms. The molecule has 1 amide bonds. The van der Waals surface area contributed by atoms with Crippen molar-refractivity contribution in [2.24, 2.45) is 10.2 Å². The van der Waals surface area contributed by atoms with E-state index in [2.05, 4.69) is 31.1 Å². The van der Waals surface area contributed by atoms with Crippen LogP contribution in [-0.4, -0.2) is 57.4 Å². The second-order valence-electron chi connectivity index (χ2n) is 9.65. The lowest BCUT2D eigenvalue weighted by atomic mass is 9.97. The van der Waals surface area contributed by atoms with E-state index in [4.69, 9.17) is 5.14 Å². The van der Waals surface area contributed by atoms with Gasteiger partial charge in [-0.1, -0.05) is 78.1 Å². The molecule has 0 aliphatic rings. The van der Waals surface area contributed by atoms with Gasteiger partial charge in [0.15, 0.2) is 28.8 Å². The van der Waals surface area contributed by atoms with Gasteiger partial charge in [-0.05, 0) is 18.2 Å². The third-order valence-electron chi connectivity index (χ3n) is 6.34. The highest BCUT2D eigenvalue weighted by molar-refractivity contribution is 7.91. The van der Waals surface area contributed by atoms with Gasteiger partial charge in [0, 0.05) is 25.0 Å². The van der Waals surface area contributed by atoms with Gasteiger partial charge in [0.1, 0.15) is 0 Å². The molecule has 5 rings (SSSR count). The maximum Gasteiger partial charge on any atom is 0.278 e. The van der Waals surface area contributed by atoms with Crippen LogP contribution in [-0.2, 0) is 19.6 Å². The predicted molar refractivity (Wildman–Crippen MR) is 171 cm³/mol. The zero-order chi connectivity index (χ0) is 33.0. The Morgan fingerprint density at radius 1 is 0.870 bits per heavy atom. The van der Waals surface area contributed by atoms with Gasteiger partial charge in [0.05, 0.1) is 22.6 Å². The molecule has 3 aromatic carbocycles. The largest absolute Gasteiger partial charge is 0.295 e. The molecule has 4 N–H and O–H groups in total. The monoisotopic (exact) mass is 656 g/mol. The number of benzene rings is 3. The third-order valence-corrected chi connectivity index (χ3v) is 8.48. The Labute approximate surface area is 266 Å². The summed E-state index contributed by atoms with van der Waals surface area (Å²) < 4.78 is 24.3. The van der Waals surface area contributed by atoms with Gasteiger partial charge >= 0.3 is 0 Å². The average Bonchev–Trinajstić information content (AvgIpc) is 3.67. The highest BCUT2D eigenvalue weighted by Crippen LogP contribution is 2.33. The minimum Gasteiger partial charge on any atom is -0.295 e. The van der Waals surface area contributed by atoms with E-state index in [1.54, 1.807) is 84.9 Å². The Balaban J connectivity index is 1.69. The van der Waals surface area contributed by atoms with Crippen LogP contribution in [0.25, 0.3) is 16.9 Å². The maximum atomic E-state index is 14.1. The second kappa shape index (κ2) is 13.1. The average molecular weight is 657 g/mol. The molecule has 16 heteroatoms. The molecule has 0 saturated heterocycles. The topological polar surface area (TPSA) is 208 Å². The van der Waals surface area contributed by atoms with Crippen molar-refractivity contribution in [3.8, 4) is 16.9 Å². The van der Waals surface area contributed by atoms with Crippen molar-refractivity contribution in [3.05, 3.63) is 102 Å². The predicted octanol–water partition coefficient (Wildman–Crippen LogP) is 3.47. The van der Waals surface area contributed by atoms with Crippen LogP contribution < -0.4 is 15.9 Å². The fourth-order valence-corrected chi connectivity index (χ4v) is 5.67. The summed E-state index contributed by atoms with van der Waals surface area (Å²) in [4.78, 5) is 51.6. The molecule has 0 spiro atoms. The lowest BCUT2D eigenvalue weighted by molar-refractivity contribution is -0.114. The zero-order valence-corrected chi connectivity index (χ0v) is 25.8. The van der Waals surface area contributed by atoms with E-state index in [1.807, 2.05) is 0 Å². The van der Waals surface area contributed by atoms with Crippen molar-refractivity contribution in [3.63, 3.8) is 0 Å². The summed E-state index contributed by atoms with van der Waals surface area (Å²) in [7, 11) is -4.17. The first-order chi connectivity index (χ1) is 21.9. The van der Waals surface area contributed by atoms with E-state index in [-0.39, 0.29) is 33.4 Å². The quantitative estimate of drug-likeness (QED) is 0.0620. The van der Waals surface area contributed by atoms with Gasteiger partial charge in [-0.25, -0.2) is 18.2 Å². The van der Waals surface area contributed by atoms with Crippen LogP contribution in [0.4, 0.5) is 10.8 Å². The number of ketones is 3. The molecule has 0 fully saturated rings. The second-order valence-corrected chi connectivity index (χ2v) is 12.4. The van der Waals surface area contributed by atoms with Crippen LogP contribution >= 0.6 is 11.3 Å². The zero-order valence-electron chi connectivity index (χ0n) is 24.2. The van der Waals surface area contributed by atoms with Gasteiger partial charge in [0.25, 0.3) is 15.9 Å². The van der Waals surface area contributed by atoms with Crippen molar-refractivity contribution in [1.29, 1.82) is 0 Å². The molecule has 46 heavy (non-hydrogen) atoms. The fraction of sp³-hybridized carbons (Fsp3) is 0.0667. The molecule has 0 atom stereocenters. The fourth-order valence-electron chi connectivity index (χ4n) is 4.34. The van der Waals surface area contributed by atoms with Crippen molar-refractivity contribution in [1.82, 2.24) is 20.0 Å². The SMILES string of the molecule is CC(=O)C(=NNc1cccc(-n2nc(C(=O)Nc3nnc(S(N)(=O)=O)s3)c(C(=O)c3ccccc3)c2-c2ccccc2)c1)C(C)=O. The molecular weight excluding hydrogens is 633 g/mol. The Morgan fingerprint density at radius 2 is 1.52 bits per heavy atom. The van der Waals surface area contributed by atoms with Crippen molar-refractivity contribution in [2.75, 3.05) is 10.7 Å². The summed E-state index contributed by atoms with van der Waals surface area (Å²) >= 11 is 0.536. The standard InChI is InChI=1S/C30H24N8O6S2/c1-17(39)24(18(2)40)34-33-21-14-9-15-22(16-21)38-26(19-10-5-3-6-11-19)23(27(41)20-12-7-4-8-13-20)25(37-38)28(42)32-29-35-36-30(45-29)46(31,43)44/h3-16,33H,1-2H3,(H2,31,43,44)(H,32,35,42). The van der Waals surface area contributed by atoms with Crippen LogP contribution in [0, 0.1) is 0 Å². The maximum absolute atomic E-state index is 14.1. The number of anilines is 2. The van der Waals surface area contributed by atoms with E-state index in [1.165, 1.54) is 18.5 Å². The van der Waals surface area contributed by atoms with E-state index >= 15 is 0 Å². The van der Waals surface area contributed by atoms with Crippen molar-refractivity contribution in [2.45, 2.75) is 18.2 Å². The number of sulfonamides is 1. The number of rotatable bonds is 11. The lowest BCUT2D eigenvalue weighted by Gasteiger charge is -2.11. The van der Waals surface area contributed by atoms with E-state index < -0.39 is 37.6 Å². The Bertz CT molecular complexity index is 2110. The third kappa shape index (κ3) is 6.83. The Hall–Kier alpha value is -5.71. The van der Waals surface area contributed by atoms with E-state index in [9.17, 15) is 27.6 Å². The molecule has 0 aliphatic heterocycles. The molecule has 14 nitrogen and oxygen atoms in total. The summed E-state index contributed by atoms with van der Waals surface area (Å²) in [6.45, 7) is 2.45. The number of hydrogen-bond donors (Lipinski definition) is 3. The summed E-state index contributed by atoms with van der Waals surface area (Å²) in [5.41, 5.74) is 3.97. The highest BCUT2D eigenvalue weighted by atomic mass is 32.2. The number of hydrogen-bond acceptors (Lipinski definition) is 12. The van der Waals surface area contributed by atoms with E-state index in [0.717, 1.165) is 0 Å². The van der Waals surface area contributed by atoms with Crippen LogP contribution in [0.2, 0.25) is 0 Å². The number of Topliss-reactive ketones (excluding diaryl/α,β-unsaturated/α-hetero) is 2. The normalized spacial score (nSPS) is 11.0. The first-order valence-electron chi connectivity index (χ1n) is 13.4. The summed E-state index contributed by atoms with van der Waals surface area (Å²) in [5.74, 6) is -2.40. The number of hydrazone groups is 1. The van der Waals surface area contributed by atoms with Gasteiger partial charge < -0.3 is 0 Å². The van der Waals surface area contributed by atoms with Crippen LogP contribution in [0.1, 0.15) is 40.3 Å². The number of primary sulfonamides is 1. The summed E-state index contributed by atoms with van der Waals surface area (Å²) in [6, 6.07) is 23.7. The summed E-state index contributed by atoms with van der Waals surface area (Å²) in [6.07, 6.45) is 0. The van der Waals surface area contributed by atoms with Crippen LogP contribution in [0.5, 0.6) is 0 Å². The molecule has 5 aromatic rings. The first kappa shape index (κ1) is 31.7. The van der Waals surface area contributed by atoms with Crippen LogP contribution in [0.3, 0.4) is 0 Å². The van der Waals surface area contributed by atoms with Gasteiger partial charge in [-0.3, -0.25) is 29.9 Å². The number of carbonyl (C=O) groups is 4. The Kier molecular flexibility index (Phi) is 9.04. The number of amides is 1. The Morgan fingerprint density at radius 3 is 2.13 bits per heavy atom. The molecule has 2 aromatic heterocycles. The number of nitrogens with one attached hydrogen (secondary N) is 2. The number of carbonyl (C=O) groups excluding carboxylic acids is 4. The molecule has 232 valence electrons. The molecule has 0 aliphatic carbocycles. The molecule has 0 radical (unpaired) electrons. The first-order valence-corrected chi connectivity index (χ1v) is 15.7. The lowest BCUT2D eigenvalue weighted by Crippen LogP contribution is -2.20. The van der Waals surface area contributed by atoms with Crippen molar-refractivity contribution < 1.29 is 27.6 Å². The van der Waals surface area contributed by atoms with Crippen molar-refractivity contribution >= 4 is 61.1 Å². The van der Waals surface area contributed by atoms with Crippen LogP contribution in [0.15, 0.2) is 94.4 Å². The molecule has 0 saturated carbocycles. The van der Waals surface area contributed by atoms with E-state index in [0.29, 0.717) is 28.3 Å². The molecular formula is C30H24N8O6S2. The van der Waals surface area contributed by atoms with Gasteiger partial charge in [-0.15, -0.1) is 10.2 Å². The van der Waals surface area contributed by atoms with Gasteiger partial charge in [0.2, 0.25) is 9.47 Å². The highest BCUT2D eigenvalue weighted by Gasteiger charge is 2.31. The smallest absolute Gasteiger partial charge is 0.278 e. The molecule has 2 heterocycles. The minimum absolute atomic E-state index is 0.0436. The number of nitrogens with two attached hydrogens (primary N) is 1. The van der Waals surface area contributed by atoms with Gasteiger partial charge in [-0.2, -0.15) is 10.2 Å².